The van der Waals surface area contributed by atoms with E-state index in [0.717, 1.165) is 41.0 Å². The lowest BCUT2D eigenvalue weighted by atomic mass is 10.2. The first-order valence-corrected chi connectivity index (χ1v) is 8.74. The molecule has 1 fully saturated rings. The van der Waals surface area contributed by atoms with E-state index >= 15 is 0 Å². The molecule has 5 nitrogen and oxygen atoms in total. The Kier molecular flexibility index (Phi) is 4.78. The Morgan fingerprint density at radius 3 is 2.23 bits per heavy atom. The summed E-state index contributed by atoms with van der Waals surface area (Å²) in [4.78, 5) is 4.47. The smallest absolute Gasteiger partial charge is 0.226 e. The molecular weight excluding hydrogens is 330 g/mol. The Balaban J connectivity index is 1.32. The molecule has 26 heavy (non-hydrogen) atoms. The van der Waals surface area contributed by atoms with Crippen LogP contribution in [0.1, 0.15) is 18.5 Å². The molecule has 1 saturated carbocycles. The van der Waals surface area contributed by atoms with Gasteiger partial charge in [0, 0.05) is 5.56 Å². The van der Waals surface area contributed by atoms with E-state index in [2.05, 4.69) is 4.98 Å². The van der Waals surface area contributed by atoms with Crippen molar-refractivity contribution in [1.29, 1.82) is 0 Å². The highest BCUT2D eigenvalue weighted by atomic mass is 16.5. The van der Waals surface area contributed by atoms with E-state index in [0.29, 0.717) is 12.5 Å². The van der Waals surface area contributed by atoms with Crippen molar-refractivity contribution in [3.8, 4) is 28.7 Å². The monoisotopic (exact) mass is 351 g/mol. The second-order valence-corrected chi connectivity index (χ2v) is 6.39. The number of nitrogens with zero attached hydrogens (tertiary/aromatic N) is 1. The van der Waals surface area contributed by atoms with Gasteiger partial charge in [-0.25, -0.2) is 4.98 Å². The van der Waals surface area contributed by atoms with Gasteiger partial charge in [0.1, 0.15) is 35.8 Å². The molecule has 0 bridgehead atoms. The second kappa shape index (κ2) is 7.52. The summed E-state index contributed by atoms with van der Waals surface area (Å²) in [6, 6.07) is 15.3. The highest BCUT2D eigenvalue weighted by Gasteiger charge is 2.21. The first-order chi connectivity index (χ1) is 12.8. The lowest BCUT2D eigenvalue weighted by Crippen LogP contribution is -1.99. The van der Waals surface area contributed by atoms with Gasteiger partial charge in [0.25, 0.3) is 0 Å². The molecule has 134 valence electrons. The van der Waals surface area contributed by atoms with E-state index in [1.54, 1.807) is 13.4 Å². The van der Waals surface area contributed by atoms with Gasteiger partial charge in [0.2, 0.25) is 5.89 Å². The molecule has 1 aliphatic carbocycles. The van der Waals surface area contributed by atoms with Crippen molar-refractivity contribution >= 4 is 0 Å². The molecular formula is C21H21NO4. The summed E-state index contributed by atoms with van der Waals surface area (Å²) in [7, 11) is 1.64. The van der Waals surface area contributed by atoms with Crippen molar-refractivity contribution in [3.63, 3.8) is 0 Å². The zero-order valence-electron chi connectivity index (χ0n) is 14.7. The van der Waals surface area contributed by atoms with Gasteiger partial charge < -0.3 is 18.6 Å². The first kappa shape index (κ1) is 16.5. The maximum atomic E-state index is 5.77. The van der Waals surface area contributed by atoms with E-state index in [-0.39, 0.29) is 0 Å². The van der Waals surface area contributed by atoms with Crippen LogP contribution >= 0.6 is 0 Å². The lowest BCUT2D eigenvalue weighted by molar-refractivity contribution is 0.292. The highest BCUT2D eigenvalue weighted by Crippen LogP contribution is 2.30. The Morgan fingerprint density at radius 2 is 1.58 bits per heavy atom. The van der Waals surface area contributed by atoms with Gasteiger partial charge in [-0.1, -0.05) is 0 Å². The van der Waals surface area contributed by atoms with Crippen molar-refractivity contribution in [2.45, 2.75) is 19.4 Å². The van der Waals surface area contributed by atoms with Crippen LogP contribution in [0.5, 0.6) is 17.2 Å². The van der Waals surface area contributed by atoms with Crippen LogP contribution < -0.4 is 14.2 Å². The van der Waals surface area contributed by atoms with Gasteiger partial charge in [-0.2, -0.15) is 0 Å². The van der Waals surface area contributed by atoms with Gasteiger partial charge in [-0.15, -0.1) is 0 Å². The molecule has 1 aromatic heterocycles. The van der Waals surface area contributed by atoms with Crippen LogP contribution in [0.25, 0.3) is 11.5 Å². The molecule has 2 aromatic carbocycles. The maximum Gasteiger partial charge on any atom is 0.226 e. The minimum Gasteiger partial charge on any atom is -0.497 e. The van der Waals surface area contributed by atoms with E-state index in [4.69, 9.17) is 18.6 Å². The predicted molar refractivity (Wildman–Crippen MR) is 97.5 cm³/mol. The van der Waals surface area contributed by atoms with Crippen LogP contribution in [0, 0.1) is 5.92 Å². The highest BCUT2D eigenvalue weighted by molar-refractivity contribution is 5.54. The van der Waals surface area contributed by atoms with E-state index in [1.165, 1.54) is 12.8 Å². The van der Waals surface area contributed by atoms with E-state index in [9.17, 15) is 0 Å². The van der Waals surface area contributed by atoms with Crippen LogP contribution in [0.2, 0.25) is 0 Å². The van der Waals surface area contributed by atoms with Crippen LogP contribution in [-0.2, 0) is 6.61 Å². The molecule has 0 amide bonds. The zero-order valence-corrected chi connectivity index (χ0v) is 14.7. The molecule has 1 heterocycles. The minimum absolute atomic E-state index is 0.349. The predicted octanol–water partition coefficient (Wildman–Crippen LogP) is 4.72. The fraction of sp³-hybridized carbons (Fsp3) is 0.286. The van der Waals surface area contributed by atoms with Gasteiger partial charge in [0.15, 0.2) is 0 Å². The number of benzene rings is 2. The van der Waals surface area contributed by atoms with Gasteiger partial charge in [-0.05, 0) is 67.3 Å². The summed E-state index contributed by atoms with van der Waals surface area (Å²) >= 11 is 0. The third kappa shape index (κ3) is 4.17. The number of hydrogen-bond donors (Lipinski definition) is 0. The molecule has 5 heteroatoms. The SMILES string of the molecule is COc1ccc(-c2nc(COc3ccc(OCC4CC4)cc3)co2)cc1. The Labute approximate surface area is 152 Å². The average Bonchev–Trinajstić information content (AvgIpc) is 3.41. The minimum atomic E-state index is 0.349. The summed E-state index contributed by atoms with van der Waals surface area (Å²) in [6.07, 6.45) is 4.20. The topological polar surface area (TPSA) is 53.7 Å². The second-order valence-electron chi connectivity index (χ2n) is 6.39. The maximum absolute atomic E-state index is 5.77. The molecule has 0 spiro atoms. The zero-order chi connectivity index (χ0) is 17.8. The van der Waals surface area contributed by atoms with Gasteiger partial charge in [0.05, 0.1) is 13.7 Å². The van der Waals surface area contributed by atoms with Crippen molar-refractivity contribution in [3.05, 3.63) is 60.5 Å². The summed E-state index contributed by atoms with van der Waals surface area (Å²) in [5.41, 5.74) is 1.64. The lowest BCUT2D eigenvalue weighted by Gasteiger charge is -2.07. The standard InChI is InChI=1S/C21H21NO4/c1-23-18-6-4-16(5-7-18)21-22-17(14-26-21)13-25-20-10-8-19(9-11-20)24-12-15-2-3-15/h4-11,14-15H,2-3,12-13H2,1H3. The quantitative estimate of drug-likeness (QED) is 0.588. The summed E-state index contributed by atoms with van der Waals surface area (Å²) in [5, 5.41) is 0. The molecule has 4 rings (SSSR count). The largest absolute Gasteiger partial charge is 0.497 e. The fourth-order valence-corrected chi connectivity index (χ4v) is 2.53. The summed E-state index contributed by atoms with van der Waals surface area (Å²) in [5.74, 6) is 3.77. The molecule has 0 N–H and O–H groups in total. The van der Waals surface area contributed by atoms with E-state index < -0.39 is 0 Å². The van der Waals surface area contributed by atoms with Crippen molar-refractivity contribution in [1.82, 2.24) is 4.98 Å². The van der Waals surface area contributed by atoms with Crippen LogP contribution in [0.15, 0.2) is 59.2 Å². The van der Waals surface area contributed by atoms with Crippen molar-refractivity contribution in [2.75, 3.05) is 13.7 Å². The molecule has 0 aliphatic heterocycles. The number of oxazole rings is 1. The van der Waals surface area contributed by atoms with Crippen LogP contribution in [-0.4, -0.2) is 18.7 Å². The molecule has 3 aromatic rings. The first-order valence-electron chi connectivity index (χ1n) is 8.74. The Hall–Kier alpha value is -2.95. The number of rotatable bonds is 8. The summed E-state index contributed by atoms with van der Waals surface area (Å²) < 4.78 is 22.2. The Bertz CT molecular complexity index is 835. The fourth-order valence-electron chi connectivity index (χ4n) is 2.53. The number of aromatic nitrogens is 1. The van der Waals surface area contributed by atoms with Gasteiger partial charge in [-0.3, -0.25) is 0 Å². The molecule has 0 radical (unpaired) electrons. The molecule has 0 atom stereocenters. The van der Waals surface area contributed by atoms with Crippen molar-refractivity contribution < 1.29 is 18.6 Å². The molecule has 0 unspecified atom stereocenters. The molecule has 1 aliphatic rings. The Morgan fingerprint density at radius 1 is 0.923 bits per heavy atom. The number of methoxy groups -OCH3 is 1. The summed E-state index contributed by atoms with van der Waals surface area (Å²) in [6.45, 7) is 1.16. The van der Waals surface area contributed by atoms with E-state index in [1.807, 2.05) is 48.5 Å². The molecule has 0 saturated heterocycles. The van der Waals surface area contributed by atoms with Crippen LogP contribution in [0.3, 0.4) is 0 Å². The van der Waals surface area contributed by atoms with Gasteiger partial charge >= 0.3 is 0 Å². The number of hydrogen-bond acceptors (Lipinski definition) is 5. The van der Waals surface area contributed by atoms with Crippen molar-refractivity contribution in [2.24, 2.45) is 5.92 Å². The average molecular weight is 351 g/mol. The number of ether oxygens (including phenoxy) is 3. The third-order valence-corrected chi connectivity index (χ3v) is 4.28. The van der Waals surface area contributed by atoms with Crippen LogP contribution in [0.4, 0.5) is 0 Å². The third-order valence-electron chi connectivity index (χ3n) is 4.28. The normalized spacial score (nSPS) is 13.4.